The van der Waals surface area contributed by atoms with E-state index in [2.05, 4.69) is 121 Å². The van der Waals surface area contributed by atoms with Gasteiger partial charge in [-0.1, -0.05) is 86.6 Å². The third kappa shape index (κ3) is 4.99. The summed E-state index contributed by atoms with van der Waals surface area (Å²) >= 11 is 0. The van der Waals surface area contributed by atoms with Crippen LogP contribution in [0.25, 0.3) is 21.5 Å². The van der Waals surface area contributed by atoms with E-state index in [-0.39, 0.29) is 16.2 Å². The Balaban J connectivity index is 1.66. The topological polar surface area (TPSA) is 25.8 Å². The van der Waals surface area contributed by atoms with Gasteiger partial charge in [-0.05, 0) is 80.2 Å². The van der Waals surface area contributed by atoms with Crippen LogP contribution < -0.4 is 0 Å². The van der Waals surface area contributed by atoms with Crippen LogP contribution in [0.4, 0.5) is 0 Å². The summed E-state index contributed by atoms with van der Waals surface area (Å²) in [7, 11) is 0. The van der Waals surface area contributed by atoms with Crippen molar-refractivity contribution in [3.05, 3.63) is 83.4 Å². The summed E-state index contributed by atoms with van der Waals surface area (Å²) in [6, 6.07) is 13.8. The molecule has 2 heterocycles. The maximum absolute atomic E-state index is 4.51. The van der Waals surface area contributed by atoms with Gasteiger partial charge in [0.05, 0.1) is 0 Å². The lowest BCUT2D eigenvalue weighted by Gasteiger charge is -2.31. The van der Waals surface area contributed by atoms with Crippen LogP contribution in [0.5, 0.6) is 0 Å². The first-order chi connectivity index (χ1) is 16.3. The second kappa shape index (κ2) is 9.04. The minimum Gasteiger partial charge on any atom is -0.264 e. The average Bonchev–Trinajstić information content (AvgIpc) is 2.79. The third-order valence-electron chi connectivity index (χ3n) is 7.75. The van der Waals surface area contributed by atoms with E-state index >= 15 is 0 Å². The Kier molecular flexibility index (Phi) is 6.55. The molecule has 0 spiro atoms. The smallest absolute Gasteiger partial charge is 0.0349 e. The number of aromatic nitrogens is 2. The molecule has 2 nitrogen and oxygen atoms in total. The molecular formula is C33H42N2. The molecule has 35 heavy (non-hydrogen) atoms. The lowest BCUT2D eigenvalue weighted by molar-refractivity contribution is 0.442. The zero-order chi connectivity index (χ0) is 25.6. The summed E-state index contributed by atoms with van der Waals surface area (Å²) < 4.78 is 0. The van der Waals surface area contributed by atoms with E-state index in [4.69, 9.17) is 0 Å². The van der Waals surface area contributed by atoms with Crippen LogP contribution in [-0.4, -0.2) is 9.97 Å². The molecule has 2 aromatic carbocycles. The molecule has 4 rings (SSSR count). The van der Waals surface area contributed by atoms with Gasteiger partial charge in [-0.25, -0.2) is 0 Å². The quantitative estimate of drug-likeness (QED) is 0.293. The Labute approximate surface area is 212 Å². The highest BCUT2D eigenvalue weighted by Gasteiger charge is 2.27. The van der Waals surface area contributed by atoms with Crippen LogP contribution in [0.15, 0.2) is 61.2 Å². The van der Waals surface area contributed by atoms with Crippen LogP contribution in [0, 0.1) is 0 Å². The SMILES string of the molecule is CC(CCC(C)(C)c1ccc(C(C)(C)C)c2ccncc12)c1ccc(C(C)(C)C)c2ccncc12. The monoisotopic (exact) mass is 466 g/mol. The number of hydrogen-bond donors (Lipinski definition) is 0. The molecule has 0 saturated carbocycles. The van der Waals surface area contributed by atoms with Gasteiger partial charge in [0.1, 0.15) is 0 Å². The number of benzene rings is 2. The molecule has 0 N–H and O–H groups in total. The van der Waals surface area contributed by atoms with E-state index in [0.717, 1.165) is 12.8 Å². The molecule has 0 saturated heterocycles. The van der Waals surface area contributed by atoms with Crippen molar-refractivity contribution in [2.75, 3.05) is 0 Å². The first-order valence-corrected chi connectivity index (χ1v) is 13.1. The fourth-order valence-electron chi connectivity index (χ4n) is 5.60. The van der Waals surface area contributed by atoms with Crippen LogP contribution in [0.3, 0.4) is 0 Å². The summed E-state index contributed by atoms with van der Waals surface area (Å²) in [6.07, 6.45) is 10.2. The fraction of sp³-hybridized carbons (Fsp3) is 0.455. The van der Waals surface area contributed by atoms with E-state index in [9.17, 15) is 0 Å². The molecule has 0 radical (unpaired) electrons. The van der Waals surface area contributed by atoms with E-state index in [1.807, 2.05) is 12.4 Å². The molecule has 2 aromatic heterocycles. The van der Waals surface area contributed by atoms with Gasteiger partial charge in [0, 0.05) is 35.6 Å². The number of fused-ring (bicyclic) bond motifs is 2. The second-order valence-corrected chi connectivity index (χ2v) is 13.0. The van der Waals surface area contributed by atoms with Gasteiger partial charge in [0.15, 0.2) is 0 Å². The minimum absolute atomic E-state index is 0.0470. The molecule has 4 aromatic rings. The molecule has 184 valence electrons. The molecular weight excluding hydrogens is 424 g/mol. The van der Waals surface area contributed by atoms with Gasteiger partial charge in [-0.2, -0.15) is 0 Å². The Bertz CT molecular complexity index is 1350. The summed E-state index contributed by atoms with van der Waals surface area (Å²) in [4.78, 5) is 9.00. The van der Waals surface area contributed by atoms with Gasteiger partial charge in [0.2, 0.25) is 0 Å². The van der Waals surface area contributed by atoms with E-state index in [0.29, 0.717) is 5.92 Å². The zero-order valence-electron chi connectivity index (χ0n) is 23.2. The Morgan fingerprint density at radius 2 is 1.09 bits per heavy atom. The van der Waals surface area contributed by atoms with Crippen LogP contribution in [0.2, 0.25) is 0 Å². The van der Waals surface area contributed by atoms with E-state index < -0.39 is 0 Å². The normalized spacial score (nSPS) is 14.0. The predicted molar refractivity (Wildman–Crippen MR) is 152 cm³/mol. The zero-order valence-corrected chi connectivity index (χ0v) is 23.2. The highest BCUT2D eigenvalue weighted by molar-refractivity contribution is 5.90. The fourth-order valence-corrected chi connectivity index (χ4v) is 5.60. The van der Waals surface area contributed by atoms with Gasteiger partial charge in [-0.15, -0.1) is 0 Å². The first kappa shape index (κ1) is 25.4. The molecule has 2 heteroatoms. The minimum atomic E-state index is 0.0470. The molecule has 0 amide bonds. The van der Waals surface area contributed by atoms with Crippen molar-refractivity contribution in [2.24, 2.45) is 0 Å². The maximum Gasteiger partial charge on any atom is 0.0349 e. The summed E-state index contributed by atoms with van der Waals surface area (Å²) in [5.41, 5.74) is 5.85. The van der Waals surface area contributed by atoms with Crippen molar-refractivity contribution < 1.29 is 0 Å². The molecule has 0 aliphatic heterocycles. The van der Waals surface area contributed by atoms with Gasteiger partial charge < -0.3 is 0 Å². The maximum atomic E-state index is 4.51. The molecule has 0 bridgehead atoms. The molecule has 0 aliphatic carbocycles. The van der Waals surface area contributed by atoms with Gasteiger partial charge in [0.25, 0.3) is 0 Å². The highest BCUT2D eigenvalue weighted by Crippen LogP contribution is 2.41. The Morgan fingerprint density at radius 1 is 0.600 bits per heavy atom. The van der Waals surface area contributed by atoms with Crippen LogP contribution in [-0.2, 0) is 16.2 Å². The van der Waals surface area contributed by atoms with Gasteiger partial charge in [-0.3, -0.25) is 9.97 Å². The second-order valence-electron chi connectivity index (χ2n) is 13.0. The molecule has 0 fully saturated rings. The summed E-state index contributed by atoms with van der Waals surface area (Å²) in [5.74, 6) is 0.452. The lowest BCUT2D eigenvalue weighted by atomic mass is 9.74. The van der Waals surface area contributed by atoms with E-state index in [1.165, 1.54) is 43.8 Å². The number of rotatable bonds is 5. The van der Waals surface area contributed by atoms with Crippen LogP contribution >= 0.6 is 0 Å². The van der Waals surface area contributed by atoms with E-state index in [1.54, 1.807) is 0 Å². The third-order valence-corrected chi connectivity index (χ3v) is 7.75. The largest absolute Gasteiger partial charge is 0.264 e. The number of pyridine rings is 2. The van der Waals surface area contributed by atoms with Crippen molar-refractivity contribution in [1.82, 2.24) is 9.97 Å². The number of hydrogen-bond acceptors (Lipinski definition) is 2. The van der Waals surface area contributed by atoms with Crippen molar-refractivity contribution in [3.8, 4) is 0 Å². The Hall–Kier alpha value is -2.74. The van der Waals surface area contributed by atoms with Crippen molar-refractivity contribution >= 4 is 21.5 Å². The standard InChI is InChI=1S/C33H42N2/c1-22(23-10-11-28(31(2,3)4)24-15-18-34-20-26(23)24)14-17-33(8,9)30-13-12-29(32(5,6)7)25-16-19-35-21-27(25)30/h10-13,15-16,18-22H,14,17H2,1-9H3. The Morgan fingerprint density at radius 3 is 1.66 bits per heavy atom. The predicted octanol–water partition coefficient (Wildman–Crippen LogP) is 9.24. The number of nitrogens with zero attached hydrogens (tertiary/aromatic N) is 2. The van der Waals surface area contributed by atoms with Crippen molar-refractivity contribution in [3.63, 3.8) is 0 Å². The summed E-state index contributed by atoms with van der Waals surface area (Å²) in [6.45, 7) is 20.9. The van der Waals surface area contributed by atoms with Crippen molar-refractivity contribution in [2.45, 2.75) is 97.3 Å². The first-order valence-electron chi connectivity index (χ1n) is 13.1. The lowest BCUT2D eigenvalue weighted by Crippen LogP contribution is -2.20. The average molecular weight is 467 g/mol. The molecule has 1 atom stereocenters. The highest BCUT2D eigenvalue weighted by atomic mass is 14.6. The van der Waals surface area contributed by atoms with Crippen molar-refractivity contribution in [1.29, 1.82) is 0 Å². The molecule has 0 aliphatic rings. The van der Waals surface area contributed by atoms with Gasteiger partial charge >= 0.3 is 0 Å². The summed E-state index contributed by atoms with van der Waals surface area (Å²) in [5, 5.41) is 5.27. The van der Waals surface area contributed by atoms with Crippen LogP contribution in [0.1, 0.15) is 103 Å². The molecule has 1 unspecified atom stereocenters.